The molecule has 0 bridgehead atoms. The Morgan fingerprint density at radius 2 is 1.58 bits per heavy atom. The number of esters is 2. The maximum absolute atomic E-state index is 13.3. The molecule has 0 spiro atoms. The smallest absolute Gasteiger partial charge is 0.303 e. The highest BCUT2D eigenvalue weighted by Crippen LogP contribution is 2.29. The van der Waals surface area contributed by atoms with Gasteiger partial charge in [-0.1, -0.05) is 60.7 Å². The van der Waals surface area contributed by atoms with Crippen LogP contribution in [0.1, 0.15) is 31.4 Å². The van der Waals surface area contributed by atoms with Crippen LogP contribution in [0.3, 0.4) is 0 Å². The molecule has 3 rings (SSSR count). The number of amides is 1. The van der Waals surface area contributed by atoms with Crippen molar-refractivity contribution >= 4 is 17.8 Å². The van der Waals surface area contributed by atoms with Crippen LogP contribution in [0, 0.1) is 0 Å². The molecule has 2 aromatic carbocycles. The molecule has 0 saturated carbocycles. The van der Waals surface area contributed by atoms with Gasteiger partial charge in [0.2, 0.25) is 5.60 Å². The number of likely N-dealkylation sites (tertiary alicyclic amines) is 1. The van der Waals surface area contributed by atoms with Gasteiger partial charge in [0.05, 0.1) is 0 Å². The third-order valence-corrected chi connectivity index (χ3v) is 5.13. The first kappa shape index (κ1) is 22.5. The Labute approximate surface area is 182 Å². The summed E-state index contributed by atoms with van der Waals surface area (Å²) < 4.78 is 11.1. The van der Waals surface area contributed by atoms with Crippen molar-refractivity contribution in [1.82, 2.24) is 10.2 Å². The summed E-state index contributed by atoms with van der Waals surface area (Å²) in [6, 6.07) is 19.3. The average Bonchev–Trinajstić information content (AvgIpc) is 2.72. The van der Waals surface area contributed by atoms with Gasteiger partial charge in [-0.05, 0) is 11.1 Å². The first-order valence-corrected chi connectivity index (χ1v) is 10.3. The van der Waals surface area contributed by atoms with E-state index in [1.165, 1.54) is 13.8 Å². The molecule has 1 fully saturated rings. The van der Waals surface area contributed by atoms with Crippen LogP contribution in [0.15, 0.2) is 60.7 Å². The van der Waals surface area contributed by atoms with E-state index in [1.54, 1.807) is 0 Å². The van der Waals surface area contributed by atoms with E-state index in [2.05, 4.69) is 5.32 Å². The van der Waals surface area contributed by atoms with Gasteiger partial charge >= 0.3 is 11.9 Å². The van der Waals surface area contributed by atoms with E-state index in [9.17, 15) is 14.4 Å². The molecule has 1 N–H and O–H groups in total. The number of rotatable bonds is 7. The Hall–Kier alpha value is -3.19. The van der Waals surface area contributed by atoms with E-state index in [4.69, 9.17) is 9.47 Å². The lowest BCUT2D eigenvalue weighted by Gasteiger charge is -2.43. The molecule has 0 aromatic heterocycles. The van der Waals surface area contributed by atoms with E-state index in [0.717, 1.165) is 11.1 Å². The van der Waals surface area contributed by atoms with E-state index in [-0.39, 0.29) is 13.0 Å². The molecule has 7 heteroatoms. The number of piperidine rings is 1. The quantitative estimate of drug-likeness (QED) is 0.688. The summed E-state index contributed by atoms with van der Waals surface area (Å²) >= 11 is 0. The van der Waals surface area contributed by atoms with Crippen LogP contribution in [0.4, 0.5) is 0 Å². The minimum Gasteiger partial charge on any atom is -0.461 e. The molecule has 31 heavy (non-hydrogen) atoms. The van der Waals surface area contributed by atoms with Crippen molar-refractivity contribution < 1.29 is 23.9 Å². The Morgan fingerprint density at radius 1 is 0.968 bits per heavy atom. The fraction of sp³-hybridized carbons (Fsp3) is 0.375. The van der Waals surface area contributed by atoms with E-state index < -0.39 is 29.6 Å². The number of nitrogens with one attached hydrogen (secondary N) is 1. The Balaban J connectivity index is 1.83. The number of hydrogen-bond acceptors (Lipinski definition) is 6. The monoisotopic (exact) mass is 424 g/mol. The van der Waals surface area contributed by atoms with E-state index in [0.29, 0.717) is 19.6 Å². The van der Waals surface area contributed by atoms with Crippen LogP contribution in [-0.4, -0.2) is 47.5 Å². The molecular formula is C24H28N2O5. The normalized spacial score (nSPS) is 21.2. The lowest BCUT2D eigenvalue weighted by atomic mass is 9.89. The summed E-state index contributed by atoms with van der Waals surface area (Å²) in [5.41, 5.74) is 0.531. The highest BCUT2D eigenvalue weighted by Gasteiger charge is 2.49. The number of hydrogen-bond donors (Lipinski definition) is 1. The van der Waals surface area contributed by atoms with Crippen LogP contribution in [0.2, 0.25) is 0 Å². The molecule has 2 aromatic rings. The molecule has 0 aliphatic carbocycles. The molecular weight excluding hydrogens is 396 g/mol. The van der Waals surface area contributed by atoms with Crippen molar-refractivity contribution in [2.45, 2.75) is 45.1 Å². The summed E-state index contributed by atoms with van der Waals surface area (Å²) in [5, 5.41) is 2.89. The van der Waals surface area contributed by atoms with Crippen molar-refractivity contribution in [3.63, 3.8) is 0 Å². The van der Waals surface area contributed by atoms with Gasteiger partial charge in [-0.3, -0.25) is 19.3 Å². The topological polar surface area (TPSA) is 84.9 Å². The first-order valence-electron chi connectivity index (χ1n) is 10.3. The van der Waals surface area contributed by atoms with Gasteiger partial charge in [-0.15, -0.1) is 0 Å². The average molecular weight is 424 g/mol. The molecule has 1 amide bonds. The zero-order chi connectivity index (χ0) is 22.3. The Kier molecular flexibility index (Phi) is 7.41. The summed E-state index contributed by atoms with van der Waals surface area (Å²) in [5.74, 6) is -1.40. The predicted molar refractivity (Wildman–Crippen MR) is 115 cm³/mol. The van der Waals surface area contributed by atoms with Gasteiger partial charge < -0.3 is 14.8 Å². The Morgan fingerprint density at radius 3 is 2.16 bits per heavy atom. The van der Waals surface area contributed by atoms with Crippen LogP contribution >= 0.6 is 0 Å². The SMILES string of the molecule is CC(=O)O[C@@H]1CN(Cc2ccccc2)C[C@](OC(C)=O)(C(=O)NCc2ccccc2)C1. The zero-order valence-electron chi connectivity index (χ0n) is 17.9. The van der Waals surface area contributed by atoms with Crippen LogP contribution in [0.25, 0.3) is 0 Å². The van der Waals surface area contributed by atoms with Crippen molar-refractivity contribution in [3.05, 3.63) is 71.8 Å². The fourth-order valence-corrected chi connectivity index (χ4v) is 3.99. The van der Waals surface area contributed by atoms with E-state index in [1.807, 2.05) is 65.6 Å². The highest BCUT2D eigenvalue weighted by molar-refractivity contribution is 5.88. The molecule has 164 valence electrons. The third kappa shape index (κ3) is 6.39. The molecule has 1 aliphatic rings. The predicted octanol–water partition coefficient (Wildman–Crippen LogP) is 2.44. The molecule has 1 aliphatic heterocycles. The van der Waals surface area contributed by atoms with Crippen LogP contribution in [0.5, 0.6) is 0 Å². The second-order valence-electron chi connectivity index (χ2n) is 7.85. The van der Waals surface area contributed by atoms with Gasteiger partial charge in [0, 0.05) is 46.4 Å². The zero-order valence-corrected chi connectivity index (χ0v) is 17.9. The van der Waals surface area contributed by atoms with Crippen LogP contribution < -0.4 is 5.32 Å². The summed E-state index contributed by atoms with van der Waals surface area (Å²) in [7, 11) is 0. The lowest BCUT2D eigenvalue weighted by molar-refractivity contribution is -0.183. The van der Waals surface area contributed by atoms with Gasteiger partial charge in [0.25, 0.3) is 5.91 Å². The minimum absolute atomic E-state index is 0.109. The maximum atomic E-state index is 13.3. The maximum Gasteiger partial charge on any atom is 0.303 e. The molecule has 7 nitrogen and oxygen atoms in total. The largest absolute Gasteiger partial charge is 0.461 e. The standard InChI is InChI=1S/C24H28N2O5/c1-18(27)30-22-13-24(31-19(2)28,23(29)25-14-20-9-5-3-6-10-20)17-26(16-22)15-21-11-7-4-8-12-21/h3-12,22H,13-17H2,1-2H3,(H,25,29)/t22-,24-/m0/s1. The molecule has 1 saturated heterocycles. The molecule has 2 atom stereocenters. The molecule has 0 unspecified atom stereocenters. The highest BCUT2D eigenvalue weighted by atomic mass is 16.6. The first-order chi connectivity index (χ1) is 14.9. The van der Waals surface area contributed by atoms with E-state index >= 15 is 0 Å². The van der Waals surface area contributed by atoms with Gasteiger partial charge in [-0.2, -0.15) is 0 Å². The number of nitrogens with zero attached hydrogens (tertiary/aromatic N) is 1. The summed E-state index contributed by atoms with van der Waals surface area (Å²) in [6.45, 7) is 4.11. The van der Waals surface area contributed by atoms with Crippen LogP contribution in [-0.2, 0) is 36.9 Å². The second-order valence-corrected chi connectivity index (χ2v) is 7.85. The van der Waals surface area contributed by atoms with Crippen molar-refractivity contribution in [1.29, 1.82) is 0 Å². The van der Waals surface area contributed by atoms with Gasteiger partial charge in [0.15, 0.2) is 0 Å². The number of carbonyl (C=O) groups excluding carboxylic acids is 3. The number of carbonyl (C=O) groups is 3. The van der Waals surface area contributed by atoms with Crippen molar-refractivity contribution in [2.24, 2.45) is 0 Å². The number of ether oxygens (including phenoxy) is 2. The summed E-state index contributed by atoms with van der Waals surface area (Å²) in [4.78, 5) is 38.9. The minimum atomic E-state index is -1.45. The second kappa shape index (κ2) is 10.2. The lowest BCUT2D eigenvalue weighted by Crippen LogP contribution is -2.62. The van der Waals surface area contributed by atoms with Crippen molar-refractivity contribution in [2.75, 3.05) is 13.1 Å². The summed E-state index contributed by atoms with van der Waals surface area (Å²) in [6.07, 6.45) is -0.463. The number of benzene rings is 2. The Bertz CT molecular complexity index is 903. The van der Waals surface area contributed by atoms with Crippen molar-refractivity contribution in [3.8, 4) is 0 Å². The van der Waals surface area contributed by atoms with Gasteiger partial charge in [-0.25, -0.2) is 0 Å². The molecule has 0 radical (unpaired) electrons. The molecule has 1 heterocycles. The fourth-order valence-electron chi connectivity index (χ4n) is 3.99. The van der Waals surface area contributed by atoms with Gasteiger partial charge in [0.1, 0.15) is 6.10 Å². The third-order valence-electron chi connectivity index (χ3n) is 5.13.